The normalized spacial score (nSPS) is 14.3. The Morgan fingerprint density at radius 2 is 2.05 bits per heavy atom. The van der Waals surface area contributed by atoms with Crippen molar-refractivity contribution in [1.29, 1.82) is 0 Å². The average Bonchev–Trinajstić information content (AvgIpc) is 3.21. The van der Waals surface area contributed by atoms with Gasteiger partial charge in [-0.1, -0.05) is 18.2 Å². The van der Waals surface area contributed by atoms with E-state index in [9.17, 15) is 4.79 Å². The highest BCUT2D eigenvalue weighted by atomic mass is 16.5. The topological polar surface area (TPSA) is 55.0 Å². The second kappa shape index (κ2) is 5.12. The first kappa shape index (κ1) is 12.9. The Hall–Kier alpha value is -2.10. The van der Waals surface area contributed by atoms with Crippen molar-refractivity contribution in [3.05, 3.63) is 57.3 Å². The molecule has 0 radical (unpaired) electrons. The minimum Gasteiger partial charge on any atom is -0.485 e. The van der Waals surface area contributed by atoms with E-state index in [-0.39, 0.29) is 12.2 Å². The van der Waals surface area contributed by atoms with Crippen molar-refractivity contribution < 1.29 is 4.74 Å². The van der Waals surface area contributed by atoms with Crippen molar-refractivity contribution >= 4 is 0 Å². The van der Waals surface area contributed by atoms with Crippen LogP contribution in [0, 0.1) is 13.8 Å². The fourth-order valence-electron chi connectivity index (χ4n) is 2.44. The minimum atomic E-state index is -0.0108. The maximum atomic E-state index is 12.1. The van der Waals surface area contributed by atoms with Crippen LogP contribution in [0.1, 0.15) is 41.4 Å². The molecule has 0 atom stereocenters. The van der Waals surface area contributed by atoms with Gasteiger partial charge in [0.15, 0.2) is 0 Å². The second-order valence-electron chi connectivity index (χ2n) is 5.34. The van der Waals surface area contributed by atoms with Crippen LogP contribution in [0.15, 0.2) is 29.1 Å². The van der Waals surface area contributed by atoms with E-state index in [4.69, 9.17) is 4.74 Å². The SMILES string of the molecule is Cc1ccccc1OCc1nc(C)c(C2CC2)c(=O)[nH]1. The number of nitrogens with zero attached hydrogens (tertiary/aromatic N) is 1. The predicted octanol–water partition coefficient (Wildman–Crippen LogP) is 2.84. The Balaban J connectivity index is 1.78. The molecule has 1 heterocycles. The van der Waals surface area contributed by atoms with Crippen LogP contribution in [0.5, 0.6) is 5.75 Å². The molecule has 1 fully saturated rings. The number of hydrogen-bond acceptors (Lipinski definition) is 3. The number of para-hydroxylation sites is 1. The third kappa shape index (κ3) is 2.59. The van der Waals surface area contributed by atoms with Gasteiger partial charge in [-0.2, -0.15) is 0 Å². The summed E-state index contributed by atoms with van der Waals surface area (Å²) in [5.41, 5.74) is 2.74. The van der Waals surface area contributed by atoms with Crippen molar-refractivity contribution in [3.8, 4) is 5.75 Å². The Bertz CT molecular complexity index is 687. The van der Waals surface area contributed by atoms with Crippen molar-refractivity contribution in [3.63, 3.8) is 0 Å². The number of aromatic nitrogens is 2. The van der Waals surface area contributed by atoms with Gasteiger partial charge in [-0.25, -0.2) is 4.98 Å². The lowest BCUT2D eigenvalue weighted by Crippen LogP contribution is -2.19. The van der Waals surface area contributed by atoms with Crippen LogP contribution < -0.4 is 10.3 Å². The van der Waals surface area contributed by atoms with Gasteiger partial charge in [0.2, 0.25) is 0 Å². The molecule has 1 aliphatic rings. The van der Waals surface area contributed by atoms with Crippen LogP contribution in [0.3, 0.4) is 0 Å². The van der Waals surface area contributed by atoms with E-state index in [1.54, 1.807) is 0 Å². The van der Waals surface area contributed by atoms with Crippen molar-refractivity contribution in [2.45, 2.75) is 39.2 Å². The molecule has 1 aromatic heterocycles. The number of aromatic amines is 1. The largest absolute Gasteiger partial charge is 0.485 e. The maximum absolute atomic E-state index is 12.1. The molecule has 104 valence electrons. The summed E-state index contributed by atoms with van der Waals surface area (Å²) in [5.74, 6) is 1.82. The summed E-state index contributed by atoms with van der Waals surface area (Å²) in [4.78, 5) is 19.4. The summed E-state index contributed by atoms with van der Waals surface area (Å²) in [5, 5.41) is 0. The van der Waals surface area contributed by atoms with Gasteiger partial charge in [0.1, 0.15) is 18.2 Å². The fraction of sp³-hybridized carbons (Fsp3) is 0.375. The third-order valence-electron chi connectivity index (χ3n) is 3.64. The van der Waals surface area contributed by atoms with E-state index in [0.717, 1.165) is 35.4 Å². The second-order valence-corrected chi connectivity index (χ2v) is 5.34. The van der Waals surface area contributed by atoms with Crippen LogP contribution in [0.2, 0.25) is 0 Å². The standard InChI is InChI=1S/C16H18N2O2/c1-10-5-3-4-6-13(10)20-9-14-17-11(2)15(12-7-8-12)16(19)18-14/h3-6,12H,7-9H2,1-2H3,(H,17,18,19). The van der Waals surface area contributed by atoms with Gasteiger partial charge >= 0.3 is 0 Å². The lowest BCUT2D eigenvalue weighted by atomic mass is 10.1. The molecule has 1 aromatic carbocycles. The molecule has 4 heteroatoms. The minimum absolute atomic E-state index is 0.0108. The van der Waals surface area contributed by atoms with Gasteiger partial charge in [-0.15, -0.1) is 0 Å². The zero-order valence-electron chi connectivity index (χ0n) is 11.8. The quantitative estimate of drug-likeness (QED) is 0.929. The smallest absolute Gasteiger partial charge is 0.254 e. The maximum Gasteiger partial charge on any atom is 0.254 e. The molecule has 4 nitrogen and oxygen atoms in total. The predicted molar refractivity (Wildman–Crippen MR) is 77.1 cm³/mol. The van der Waals surface area contributed by atoms with Gasteiger partial charge in [0.05, 0.1) is 0 Å². The molecule has 20 heavy (non-hydrogen) atoms. The van der Waals surface area contributed by atoms with E-state index in [1.807, 2.05) is 38.1 Å². The first-order valence-corrected chi connectivity index (χ1v) is 6.93. The van der Waals surface area contributed by atoms with E-state index >= 15 is 0 Å². The van der Waals surface area contributed by atoms with E-state index in [0.29, 0.717) is 11.7 Å². The number of H-pyrrole nitrogens is 1. The zero-order valence-corrected chi connectivity index (χ0v) is 11.8. The first-order valence-electron chi connectivity index (χ1n) is 6.93. The molecule has 0 unspecified atom stereocenters. The summed E-state index contributed by atoms with van der Waals surface area (Å²) in [6, 6.07) is 7.81. The van der Waals surface area contributed by atoms with E-state index in [1.165, 1.54) is 0 Å². The Morgan fingerprint density at radius 1 is 1.30 bits per heavy atom. The van der Waals surface area contributed by atoms with Crippen molar-refractivity contribution in [1.82, 2.24) is 9.97 Å². The molecule has 0 aliphatic heterocycles. The summed E-state index contributed by atoms with van der Waals surface area (Å²) in [6.07, 6.45) is 2.20. The number of nitrogens with one attached hydrogen (secondary N) is 1. The summed E-state index contributed by atoms with van der Waals surface area (Å²) < 4.78 is 5.72. The van der Waals surface area contributed by atoms with Gasteiger partial charge in [0, 0.05) is 11.3 Å². The molecule has 0 saturated heterocycles. The molecule has 3 rings (SSSR count). The molecule has 0 amide bonds. The summed E-state index contributed by atoms with van der Waals surface area (Å²) in [7, 11) is 0. The molecular weight excluding hydrogens is 252 g/mol. The van der Waals surface area contributed by atoms with Gasteiger partial charge < -0.3 is 9.72 Å². The van der Waals surface area contributed by atoms with Crippen LogP contribution in [0.4, 0.5) is 0 Å². The molecular formula is C16H18N2O2. The van der Waals surface area contributed by atoms with Crippen LogP contribution in [0.25, 0.3) is 0 Å². The van der Waals surface area contributed by atoms with E-state index < -0.39 is 0 Å². The highest BCUT2D eigenvalue weighted by molar-refractivity contribution is 5.32. The molecule has 1 aliphatic carbocycles. The molecule has 0 bridgehead atoms. The number of benzene rings is 1. The first-order chi connectivity index (χ1) is 9.65. The Morgan fingerprint density at radius 3 is 2.70 bits per heavy atom. The van der Waals surface area contributed by atoms with Gasteiger partial charge in [-0.05, 0) is 44.2 Å². The van der Waals surface area contributed by atoms with Crippen LogP contribution >= 0.6 is 0 Å². The van der Waals surface area contributed by atoms with Crippen molar-refractivity contribution in [2.24, 2.45) is 0 Å². The molecule has 2 aromatic rings. The Labute approximate surface area is 117 Å². The highest BCUT2D eigenvalue weighted by Gasteiger charge is 2.28. The summed E-state index contributed by atoms with van der Waals surface area (Å²) >= 11 is 0. The highest BCUT2D eigenvalue weighted by Crippen LogP contribution is 2.39. The summed E-state index contributed by atoms with van der Waals surface area (Å²) in [6.45, 7) is 4.18. The zero-order chi connectivity index (χ0) is 14.1. The molecule has 1 saturated carbocycles. The van der Waals surface area contributed by atoms with E-state index in [2.05, 4.69) is 9.97 Å². The lowest BCUT2D eigenvalue weighted by Gasteiger charge is -2.10. The third-order valence-corrected chi connectivity index (χ3v) is 3.64. The molecule has 1 N–H and O–H groups in total. The average molecular weight is 270 g/mol. The van der Waals surface area contributed by atoms with Gasteiger partial charge in [0.25, 0.3) is 5.56 Å². The van der Waals surface area contributed by atoms with Gasteiger partial charge in [-0.3, -0.25) is 4.79 Å². The number of rotatable bonds is 4. The van der Waals surface area contributed by atoms with Crippen molar-refractivity contribution in [2.75, 3.05) is 0 Å². The Kier molecular flexibility index (Phi) is 3.30. The fourth-order valence-corrected chi connectivity index (χ4v) is 2.44. The van der Waals surface area contributed by atoms with Crippen LogP contribution in [-0.4, -0.2) is 9.97 Å². The number of hydrogen-bond donors (Lipinski definition) is 1. The van der Waals surface area contributed by atoms with Crippen LogP contribution in [-0.2, 0) is 6.61 Å². The molecule has 0 spiro atoms. The monoisotopic (exact) mass is 270 g/mol. The lowest BCUT2D eigenvalue weighted by molar-refractivity contribution is 0.293. The number of ether oxygens (including phenoxy) is 1. The number of aryl methyl sites for hydroxylation is 2.